The fraction of sp³-hybridized carbons (Fsp3) is 0.300. The summed E-state index contributed by atoms with van der Waals surface area (Å²) >= 11 is 0. The van der Waals surface area contributed by atoms with Crippen LogP contribution in [0.5, 0.6) is 5.88 Å². The summed E-state index contributed by atoms with van der Waals surface area (Å²) in [6.45, 7) is 1.98. The normalized spacial score (nSPS) is 13.4. The van der Waals surface area contributed by atoms with Crippen molar-refractivity contribution in [2.75, 3.05) is 7.11 Å². The van der Waals surface area contributed by atoms with Gasteiger partial charge >= 0.3 is 0 Å². The van der Waals surface area contributed by atoms with Crippen LogP contribution in [0.2, 0.25) is 0 Å². The van der Waals surface area contributed by atoms with Gasteiger partial charge in [-0.25, -0.2) is 19.9 Å². The summed E-state index contributed by atoms with van der Waals surface area (Å²) in [5, 5.41) is 0. The third-order valence-corrected chi connectivity index (χ3v) is 4.52. The third-order valence-electron chi connectivity index (χ3n) is 4.52. The minimum atomic E-state index is 0.604. The molecule has 0 aliphatic heterocycles. The Morgan fingerprint density at radius 3 is 2.60 bits per heavy atom. The van der Waals surface area contributed by atoms with Crippen LogP contribution in [0.4, 0.5) is 0 Å². The Bertz CT molecular complexity index is 906. The number of hydrogen-bond acceptors (Lipinski definition) is 5. The smallest absolute Gasteiger partial charge is 0.212 e. The van der Waals surface area contributed by atoms with Gasteiger partial charge < -0.3 is 4.74 Å². The molecule has 0 radical (unpaired) electrons. The van der Waals surface area contributed by atoms with E-state index in [4.69, 9.17) is 14.7 Å². The molecule has 126 valence electrons. The number of aryl methyl sites for hydroxylation is 2. The second kappa shape index (κ2) is 6.59. The molecule has 0 spiro atoms. The maximum atomic E-state index is 5.17. The van der Waals surface area contributed by atoms with Gasteiger partial charge in [0.1, 0.15) is 5.69 Å². The fourth-order valence-corrected chi connectivity index (χ4v) is 3.26. The Labute approximate surface area is 147 Å². The molecule has 1 aliphatic carbocycles. The molecule has 5 heteroatoms. The van der Waals surface area contributed by atoms with Crippen LogP contribution in [0.25, 0.3) is 22.8 Å². The van der Waals surface area contributed by atoms with E-state index >= 15 is 0 Å². The molecule has 3 aromatic rings. The average Bonchev–Trinajstić information content (AvgIpc) is 2.67. The lowest BCUT2D eigenvalue weighted by atomic mass is 9.92. The Balaban J connectivity index is 1.87. The van der Waals surface area contributed by atoms with Crippen molar-refractivity contribution in [3.8, 4) is 28.7 Å². The molecule has 0 fully saturated rings. The van der Waals surface area contributed by atoms with Crippen LogP contribution in [0.15, 0.2) is 36.5 Å². The molecule has 25 heavy (non-hydrogen) atoms. The molecule has 0 saturated heterocycles. The van der Waals surface area contributed by atoms with Crippen molar-refractivity contribution in [1.82, 2.24) is 19.9 Å². The molecule has 5 nitrogen and oxygen atoms in total. The maximum absolute atomic E-state index is 5.17. The molecular formula is C20H20N4O. The van der Waals surface area contributed by atoms with Crippen molar-refractivity contribution >= 4 is 0 Å². The zero-order chi connectivity index (χ0) is 17.2. The van der Waals surface area contributed by atoms with E-state index in [0.717, 1.165) is 41.2 Å². The zero-order valence-corrected chi connectivity index (χ0v) is 14.5. The molecule has 4 rings (SSSR count). The van der Waals surface area contributed by atoms with Crippen LogP contribution in [0.3, 0.4) is 0 Å². The highest BCUT2D eigenvalue weighted by molar-refractivity contribution is 5.67. The number of nitrogens with zero attached hydrogens (tertiary/aromatic N) is 4. The van der Waals surface area contributed by atoms with Gasteiger partial charge in [0.05, 0.1) is 12.8 Å². The molecular weight excluding hydrogens is 312 g/mol. The molecule has 3 aromatic heterocycles. The first kappa shape index (κ1) is 15.7. The Hall–Kier alpha value is -2.82. The van der Waals surface area contributed by atoms with E-state index in [0.29, 0.717) is 11.7 Å². The topological polar surface area (TPSA) is 60.8 Å². The predicted molar refractivity (Wildman–Crippen MR) is 96.4 cm³/mol. The van der Waals surface area contributed by atoms with Crippen LogP contribution in [-0.4, -0.2) is 27.0 Å². The van der Waals surface area contributed by atoms with Crippen LogP contribution in [0, 0.1) is 6.92 Å². The van der Waals surface area contributed by atoms with Crippen molar-refractivity contribution in [2.45, 2.75) is 32.6 Å². The van der Waals surface area contributed by atoms with Gasteiger partial charge in [0.15, 0.2) is 5.82 Å². The first-order valence-electron chi connectivity index (χ1n) is 8.59. The van der Waals surface area contributed by atoms with E-state index in [1.54, 1.807) is 7.11 Å². The average molecular weight is 332 g/mol. The molecule has 1 aliphatic rings. The summed E-state index contributed by atoms with van der Waals surface area (Å²) in [6.07, 6.45) is 6.18. The molecule has 0 bridgehead atoms. The van der Waals surface area contributed by atoms with Gasteiger partial charge in [0.25, 0.3) is 0 Å². The quantitative estimate of drug-likeness (QED) is 0.730. The number of rotatable bonds is 3. The van der Waals surface area contributed by atoms with Gasteiger partial charge in [-0.05, 0) is 50.8 Å². The van der Waals surface area contributed by atoms with Gasteiger partial charge in [0, 0.05) is 34.8 Å². The highest BCUT2D eigenvalue weighted by Gasteiger charge is 2.20. The summed E-state index contributed by atoms with van der Waals surface area (Å²) in [6, 6.07) is 9.83. The molecule has 0 saturated carbocycles. The Morgan fingerprint density at radius 2 is 1.84 bits per heavy atom. The first-order valence-corrected chi connectivity index (χ1v) is 8.59. The van der Waals surface area contributed by atoms with E-state index in [1.165, 1.54) is 18.4 Å². The number of fused-ring (bicyclic) bond motifs is 1. The summed E-state index contributed by atoms with van der Waals surface area (Å²) in [4.78, 5) is 18.6. The molecule has 0 amide bonds. The first-order chi connectivity index (χ1) is 12.2. The third kappa shape index (κ3) is 3.09. The van der Waals surface area contributed by atoms with Crippen molar-refractivity contribution in [3.63, 3.8) is 0 Å². The van der Waals surface area contributed by atoms with Crippen LogP contribution in [-0.2, 0) is 12.8 Å². The molecule has 3 heterocycles. The largest absolute Gasteiger partial charge is 0.481 e. The molecule has 0 atom stereocenters. The Kier molecular flexibility index (Phi) is 4.14. The van der Waals surface area contributed by atoms with Gasteiger partial charge in [-0.1, -0.05) is 6.07 Å². The van der Waals surface area contributed by atoms with Gasteiger partial charge in [-0.15, -0.1) is 0 Å². The van der Waals surface area contributed by atoms with E-state index in [9.17, 15) is 0 Å². The monoisotopic (exact) mass is 332 g/mol. The minimum Gasteiger partial charge on any atom is -0.481 e. The van der Waals surface area contributed by atoms with Gasteiger partial charge in [-0.2, -0.15) is 0 Å². The van der Waals surface area contributed by atoms with E-state index < -0.39 is 0 Å². The minimum absolute atomic E-state index is 0.604. The van der Waals surface area contributed by atoms with Crippen molar-refractivity contribution in [3.05, 3.63) is 53.5 Å². The summed E-state index contributed by atoms with van der Waals surface area (Å²) in [5.41, 5.74) is 6.14. The second-order valence-corrected chi connectivity index (χ2v) is 6.28. The highest BCUT2D eigenvalue weighted by atomic mass is 16.5. The molecule has 0 N–H and O–H groups in total. The van der Waals surface area contributed by atoms with Crippen LogP contribution < -0.4 is 4.74 Å². The van der Waals surface area contributed by atoms with Crippen molar-refractivity contribution in [1.29, 1.82) is 0 Å². The molecule has 0 unspecified atom stereocenters. The van der Waals surface area contributed by atoms with Crippen LogP contribution >= 0.6 is 0 Å². The van der Waals surface area contributed by atoms with Gasteiger partial charge in [-0.3, -0.25) is 0 Å². The number of aromatic nitrogens is 4. The van der Waals surface area contributed by atoms with Crippen LogP contribution in [0.1, 0.15) is 29.8 Å². The van der Waals surface area contributed by atoms with E-state index in [-0.39, 0.29) is 0 Å². The maximum Gasteiger partial charge on any atom is 0.212 e. The number of ether oxygens (including phenoxy) is 1. The Morgan fingerprint density at radius 1 is 0.960 bits per heavy atom. The predicted octanol–water partition coefficient (Wildman–Crippen LogP) is 3.80. The molecule has 0 aromatic carbocycles. The van der Waals surface area contributed by atoms with Crippen molar-refractivity contribution in [2.24, 2.45) is 0 Å². The zero-order valence-electron chi connectivity index (χ0n) is 14.5. The lowest BCUT2D eigenvalue weighted by molar-refractivity contribution is 0.398. The summed E-state index contributed by atoms with van der Waals surface area (Å²) in [7, 11) is 1.62. The lowest BCUT2D eigenvalue weighted by Gasteiger charge is -2.19. The number of methoxy groups -OCH3 is 1. The SMILES string of the molecule is COc1ccc(-c2nc(-c3cccc(C)n3)nc3c2CCCC3)cn1. The lowest BCUT2D eigenvalue weighted by Crippen LogP contribution is -2.11. The van der Waals surface area contributed by atoms with Crippen molar-refractivity contribution < 1.29 is 4.74 Å². The number of pyridine rings is 2. The van der Waals surface area contributed by atoms with E-state index in [2.05, 4.69) is 9.97 Å². The summed E-state index contributed by atoms with van der Waals surface area (Å²) in [5.74, 6) is 1.29. The fourth-order valence-electron chi connectivity index (χ4n) is 3.26. The van der Waals surface area contributed by atoms with E-state index in [1.807, 2.05) is 43.5 Å². The highest BCUT2D eigenvalue weighted by Crippen LogP contribution is 2.31. The standard InChI is InChI=1S/C20H20N4O/c1-13-6-5-9-17(22-13)20-23-16-8-4-3-7-15(16)19(24-20)14-10-11-18(25-2)21-12-14/h5-6,9-12H,3-4,7-8H2,1-2H3. The number of hydrogen-bond donors (Lipinski definition) is 0. The second-order valence-electron chi connectivity index (χ2n) is 6.28. The van der Waals surface area contributed by atoms with Gasteiger partial charge in [0.2, 0.25) is 5.88 Å². The summed E-state index contributed by atoms with van der Waals surface area (Å²) < 4.78 is 5.17.